The molecule has 0 spiro atoms. The molecule has 0 amide bonds. The fourth-order valence-electron chi connectivity index (χ4n) is 2.65. The smallest absolute Gasteiger partial charge is 0.165 e. The van der Waals surface area contributed by atoms with Crippen molar-refractivity contribution in [3.05, 3.63) is 59.8 Å². The number of hydrogen-bond acceptors (Lipinski definition) is 7. The molecule has 0 saturated heterocycles. The number of anilines is 1. The lowest BCUT2D eigenvalue weighted by atomic mass is 10.2. The third-order valence-electron chi connectivity index (χ3n) is 4.10. The summed E-state index contributed by atoms with van der Waals surface area (Å²) in [4.78, 5) is 8.96. The highest BCUT2D eigenvalue weighted by molar-refractivity contribution is 5.81. The van der Waals surface area contributed by atoms with Crippen LogP contribution in [-0.2, 0) is 0 Å². The molecule has 0 aliphatic carbocycles. The Morgan fingerprint density at radius 2 is 1.75 bits per heavy atom. The number of benzene rings is 2. The van der Waals surface area contributed by atoms with E-state index in [9.17, 15) is 5.11 Å². The summed E-state index contributed by atoms with van der Waals surface area (Å²) in [6.45, 7) is 1.88. The van der Waals surface area contributed by atoms with Gasteiger partial charge >= 0.3 is 0 Å². The van der Waals surface area contributed by atoms with E-state index in [1.165, 1.54) is 0 Å². The molecule has 28 heavy (non-hydrogen) atoms. The first-order valence-electron chi connectivity index (χ1n) is 8.65. The molecule has 0 aliphatic rings. The van der Waals surface area contributed by atoms with E-state index >= 15 is 0 Å². The van der Waals surface area contributed by atoms with Gasteiger partial charge in [0.1, 0.15) is 5.75 Å². The first-order chi connectivity index (χ1) is 13.5. The van der Waals surface area contributed by atoms with E-state index < -0.39 is 0 Å². The van der Waals surface area contributed by atoms with E-state index in [4.69, 9.17) is 9.47 Å². The van der Waals surface area contributed by atoms with Crippen molar-refractivity contribution in [1.82, 2.24) is 9.97 Å². The van der Waals surface area contributed by atoms with Crippen LogP contribution in [0.3, 0.4) is 0 Å². The molecule has 3 rings (SSSR count). The SMILES string of the molecule is COc1ccc(C=NN(C)c2cc(C)nc(-c3ccccc3O)n2)cc1OC. The van der Waals surface area contributed by atoms with Crippen LogP contribution in [0.25, 0.3) is 11.4 Å². The maximum absolute atomic E-state index is 10.1. The summed E-state index contributed by atoms with van der Waals surface area (Å²) in [7, 11) is 4.99. The fourth-order valence-corrected chi connectivity index (χ4v) is 2.65. The molecule has 3 aromatic rings. The van der Waals surface area contributed by atoms with Crippen LogP contribution in [0.1, 0.15) is 11.3 Å². The molecule has 0 radical (unpaired) electrons. The number of nitrogens with zero attached hydrogens (tertiary/aromatic N) is 4. The number of hydrogen-bond donors (Lipinski definition) is 1. The van der Waals surface area contributed by atoms with Crippen molar-refractivity contribution in [2.45, 2.75) is 6.92 Å². The van der Waals surface area contributed by atoms with Gasteiger partial charge in [0, 0.05) is 18.8 Å². The van der Waals surface area contributed by atoms with Crippen molar-refractivity contribution in [3.63, 3.8) is 0 Å². The monoisotopic (exact) mass is 378 g/mol. The van der Waals surface area contributed by atoms with Gasteiger partial charge in [0.2, 0.25) is 0 Å². The van der Waals surface area contributed by atoms with Crippen molar-refractivity contribution in [2.75, 3.05) is 26.3 Å². The van der Waals surface area contributed by atoms with Gasteiger partial charge in [0.15, 0.2) is 23.1 Å². The summed E-state index contributed by atoms with van der Waals surface area (Å²) in [6.07, 6.45) is 1.71. The minimum Gasteiger partial charge on any atom is -0.507 e. The lowest BCUT2D eigenvalue weighted by Crippen LogP contribution is -2.12. The molecule has 1 aromatic heterocycles. The predicted molar refractivity (Wildman–Crippen MR) is 109 cm³/mol. The van der Waals surface area contributed by atoms with Gasteiger partial charge in [0.05, 0.1) is 26.0 Å². The van der Waals surface area contributed by atoms with Crippen molar-refractivity contribution >= 4 is 12.0 Å². The normalized spacial score (nSPS) is 10.9. The van der Waals surface area contributed by atoms with Gasteiger partial charge in [-0.15, -0.1) is 0 Å². The molecule has 7 heteroatoms. The molecular formula is C21H22N4O3. The zero-order chi connectivity index (χ0) is 20.1. The number of phenols is 1. The third-order valence-corrected chi connectivity index (χ3v) is 4.10. The maximum atomic E-state index is 10.1. The van der Waals surface area contributed by atoms with Crippen molar-refractivity contribution in [2.24, 2.45) is 5.10 Å². The van der Waals surface area contributed by atoms with Gasteiger partial charge in [-0.1, -0.05) is 12.1 Å². The standard InChI is InChI=1S/C21H22N4O3/c1-14-11-20(24-21(23-14)16-7-5-6-8-17(16)26)25(2)22-13-15-9-10-18(27-3)19(12-15)28-4/h5-13,26H,1-4H3. The van der Waals surface area contributed by atoms with Gasteiger partial charge < -0.3 is 14.6 Å². The molecule has 7 nitrogen and oxygen atoms in total. The third kappa shape index (κ3) is 4.20. The predicted octanol–water partition coefficient (Wildman–Crippen LogP) is 3.65. The fraction of sp³-hybridized carbons (Fsp3) is 0.190. The lowest BCUT2D eigenvalue weighted by molar-refractivity contribution is 0.355. The van der Waals surface area contributed by atoms with Crippen LogP contribution >= 0.6 is 0 Å². The largest absolute Gasteiger partial charge is 0.507 e. The number of methoxy groups -OCH3 is 2. The highest BCUT2D eigenvalue weighted by atomic mass is 16.5. The van der Waals surface area contributed by atoms with Crippen molar-refractivity contribution in [1.29, 1.82) is 0 Å². The van der Waals surface area contributed by atoms with Crippen molar-refractivity contribution < 1.29 is 14.6 Å². The Bertz CT molecular complexity index is 1000. The van der Waals surface area contributed by atoms with Crippen LogP contribution < -0.4 is 14.5 Å². The Balaban J connectivity index is 1.88. The second kappa shape index (κ2) is 8.39. The summed E-state index contributed by atoms with van der Waals surface area (Å²) in [6, 6.07) is 14.4. The number of aromatic hydroxyl groups is 1. The number of rotatable bonds is 6. The number of aryl methyl sites for hydroxylation is 1. The van der Waals surface area contributed by atoms with Crippen LogP contribution in [0.2, 0.25) is 0 Å². The number of phenolic OH excluding ortho intramolecular Hbond substituents is 1. The van der Waals surface area contributed by atoms with Crippen LogP contribution in [0.4, 0.5) is 5.82 Å². The topological polar surface area (TPSA) is 80.1 Å². The number of hydrazone groups is 1. The van der Waals surface area contributed by atoms with Gasteiger partial charge in [-0.2, -0.15) is 5.10 Å². The first-order valence-corrected chi connectivity index (χ1v) is 8.65. The van der Waals surface area contributed by atoms with Gasteiger partial charge in [-0.25, -0.2) is 9.97 Å². The molecule has 144 valence electrons. The maximum Gasteiger partial charge on any atom is 0.165 e. The van der Waals surface area contributed by atoms with E-state index in [1.54, 1.807) is 50.7 Å². The van der Waals surface area contributed by atoms with Gasteiger partial charge in [-0.05, 0) is 42.8 Å². The summed E-state index contributed by atoms with van der Waals surface area (Å²) < 4.78 is 10.6. The molecule has 0 saturated carbocycles. The average Bonchev–Trinajstić information content (AvgIpc) is 2.71. The Labute approximate surface area is 163 Å². The Morgan fingerprint density at radius 3 is 2.46 bits per heavy atom. The van der Waals surface area contributed by atoms with E-state index in [0.717, 1.165) is 11.3 Å². The zero-order valence-corrected chi connectivity index (χ0v) is 16.2. The minimum absolute atomic E-state index is 0.135. The molecular weight excluding hydrogens is 356 g/mol. The van der Waals surface area contributed by atoms with Crippen LogP contribution in [-0.4, -0.2) is 42.6 Å². The number of para-hydroxylation sites is 1. The molecule has 0 atom stereocenters. The van der Waals surface area contributed by atoms with E-state index in [1.807, 2.05) is 37.3 Å². The van der Waals surface area contributed by atoms with Crippen LogP contribution in [0.15, 0.2) is 53.6 Å². The molecule has 0 fully saturated rings. The Kier molecular flexibility index (Phi) is 5.74. The second-order valence-corrected chi connectivity index (χ2v) is 6.09. The first kappa shape index (κ1) is 19.2. The quantitative estimate of drug-likeness (QED) is 0.521. The summed E-state index contributed by atoms with van der Waals surface area (Å²) in [5.41, 5.74) is 2.21. The molecule has 0 aliphatic heterocycles. The highest BCUT2D eigenvalue weighted by Gasteiger charge is 2.11. The molecule has 0 unspecified atom stereocenters. The van der Waals surface area contributed by atoms with Gasteiger partial charge in [0.25, 0.3) is 0 Å². The van der Waals surface area contributed by atoms with Crippen molar-refractivity contribution in [3.8, 4) is 28.6 Å². The molecule has 1 heterocycles. The summed E-state index contributed by atoms with van der Waals surface area (Å²) in [5.74, 6) is 2.49. The van der Waals surface area contributed by atoms with Crippen LogP contribution in [0.5, 0.6) is 17.2 Å². The zero-order valence-electron chi connectivity index (χ0n) is 16.2. The van der Waals surface area contributed by atoms with Crippen LogP contribution in [0, 0.1) is 6.92 Å². The van der Waals surface area contributed by atoms with E-state index in [0.29, 0.717) is 28.7 Å². The Morgan fingerprint density at radius 1 is 1.00 bits per heavy atom. The van der Waals surface area contributed by atoms with E-state index in [-0.39, 0.29) is 5.75 Å². The molecule has 0 bridgehead atoms. The average molecular weight is 378 g/mol. The summed E-state index contributed by atoms with van der Waals surface area (Å²) in [5, 5.41) is 16.2. The number of ether oxygens (including phenoxy) is 2. The van der Waals surface area contributed by atoms with Gasteiger partial charge in [-0.3, -0.25) is 5.01 Å². The Hall–Kier alpha value is -3.61. The minimum atomic E-state index is 0.135. The lowest BCUT2D eigenvalue weighted by Gasteiger charge is -2.14. The summed E-state index contributed by atoms with van der Waals surface area (Å²) >= 11 is 0. The van der Waals surface area contributed by atoms with E-state index in [2.05, 4.69) is 15.1 Å². The number of aromatic nitrogens is 2. The highest BCUT2D eigenvalue weighted by Crippen LogP contribution is 2.28. The molecule has 2 aromatic carbocycles. The second-order valence-electron chi connectivity index (χ2n) is 6.09. The molecule has 1 N–H and O–H groups in total.